The molecule has 0 aliphatic carbocycles. The number of aliphatic hydroxyl groups excluding tert-OH is 1. The van der Waals surface area contributed by atoms with E-state index in [0.29, 0.717) is 11.1 Å². The minimum Gasteiger partial charge on any atom is -0.506 e. The molecule has 2 aliphatic heterocycles. The van der Waals surface area contributed by atoms with Crippen molar-refractivity contribution in [3.63, 3.8) is 0 Å². The van der Waals surface area contributed by atoms with Crippen LogP contribution in [-0.2, 0) is 19.7 Å². The molecule has 0 fully saturated rings. The van der Waals surface area contributed by atoms with Crippen LogP contribution in [0.2, 0.25) is 0 Å². The molecule has 1 N–H and O–H groups in total. The number of hydrogen-bond acceptors (Lipinski definition) is 6. The van der Waals surface area contributed by atoms with E-state index >= 15 is 0 Å². The van der Waals surface area contributed by atoms with Gasteiger partial charge in [0.25, 0.3) is 0 Å². The summed E-state index contributed by atoms with van der Waals surface area (Å²) < 4.78 is 52.3. The van der Waals surface area contributed by atoms with Gasteiger partial charge in [-0.25, -0.2) is 16.8 Å². The summed E-state index contributed by atoms with van der Waals surface area (Å²) in [4.78, 5) is 12.3. The fourth-order valence-corrected chi connectivity index (χ4v) is 7.48. The SMILES string of the molecule is Cc1ccc2c(c1)C(=O)C(=CC=C(C=CC1=C(O)c3cc(C)ccc3S1(=O)=O)c1ccccc1)S2(=O)=O. The molecule has 0 spiro atoms. The second kappa shape index (κ2) is 8.83. The van der Waals surface area contributed by atoms with Gasteiger partial charge in [-0.05, 0) is 61.4 Å². The first-order valence-corrected chi connectivity index (χ1v) is 14.3. The molecule has 0 aromatic heterocycles. The zero-order valence-corrected chi connectivity index (χ0v) is 21.6. The monoisotopic (exact) mass is 530 g/mol. The van der Waals surface area contributed by atoms with Gasteiger partial charge in [-0.1, -0.05) is 65.7 Å². The van der Waals surface area contributed by atoms with Gasteiger partial charge in [0.05, 0.1) is 9.79 Å². The van der Waals surface area contributed by atoms with E-state index < -0.39 is 25.5 Å². The highest BCUT2D eigenvalue weighted by molar-refractivity contribution is 7.97. The molecule has 0 atom stereocenters. The Morgan fingerprint density at radius 1 is 0.784 bits per heavy atom. The van der Waals surface area contributed by atoms with Gasteiger partial charge in [0.15, 0.2) is 0 Å². The average molecular weight is 531 g/mol. The van der Waals surface area contributed by atoms with Gasteiger partial charge in [-0.2, -0.15) is 0 Å². The highest BCUT2D eigenvalue weighted by Crippen LogP contribution is 2.39. The van der Waals surface area contributed by atoms with Crippen molar-refractivity contribution in [3.05, 3.63) is 129 Å². The molecule has 0 unspecified atom stereocenters. The fourth-order valence-electron chi connectivity index (χ4n) is 4.41. The van der Waals surface area contributed by atoms with Gasteiger partial charge < -0.3 is 5.11 Å². The van der Waals surface area contributed by atoms with Crippen molar-refractivity contribution in [1.29, 1.82) is 0 Å². The Balaban J connectivity index is 1.61. The quantitative estimate of drug-likeness (QED) is 0.352. The molecule has 2 heterocycles. The van der Waals surface area contributed by atoms with Gasteiger partial charge in [0.1, 0.15) is 15.6 Å². The smallest absolute Gasteiger partial charge is 0.211 e. The molecule has 0 saturated heterocycles. The van der Waals surface area contributed by atoms with Gasteiger partial charge >= 0.3 is 0 Å². The van der Waals surface area contributed by atoms with E-state index in [1.165, 1.54) is 36.4 Å². The van der Waals surface area contributed by atoms with Crippen LogP contribution in [0.25, 0.3) is 11.3 Å². The van der Waals surface area contributed by atoms with Crippen molar-refractivity contribution in [2.45, 2.75) is 23.6 Å². The number of Topliss-reactive ketones (excluding diaryl/α,β-unsaturated/α-hetero) is 1. The molecular formula is C29H22O6S2. The van der Waals surface area contributed by atoms with Crippen molar-refractivity contribution in [2.75, 3.05) is 0 Å². The van der Waals surface area contributed by atoms with Crippen molar-refractivity contribution in [3.8, 4) is 0 Å². The minimum atomic E-state index is -3.99. The Morgan fingerprint density at radius 2 is 1.38 bits per heavy atom. The van der Waals surface area contributed by atoms with Crippen LogP contribution in [0.1, 0.15) is 32.6 Å². The molecule has 3 aromatic carbocycles. The molecule has 0 radical (unpaired) electrons. The lowest BCUT2D eigenvalue weighted by atomic mass is 10.0. The van der Waals surface area contributed by atoms with Crippen LogP contribution in [0.15, 0.2) is 111 Å². The van der Waals surface area contributed by atoms with Gasteiger partial charge in [0, 0.05) is 11.1 Å². The average Bonchev–Trinajstić information content (AvgIpc) is 3.16. The maximum atomic E-state index is 13.1. The predicted molar refractivity (Wildman–Crippen MR) is 142 cm³/mol. The molecule has 37 heavy (non-hydrogen) atoms. The zero-order valence-electron chi connectivity index (χ0n) is 20.0. The summed E-state index contributed by atoms with van der Waals surface area (Å²) in [6.07, 6.45) is 5.49. The summed E-state index contributed by atoms with van der Waals surface area (Å²) in [5, 5.41) is 10.7. The van der Waals surface area contributed by atoms with E-state index in [1.54, 1.807) is 62.4 Å². The molecule has 0 saturated carbocycles. The Kier molecular flexibility index (Phi) is 5.89. The van der Waals surface area contributed by atoms with E-state index in [1.807, 2.05) is 6.07 Å². The summed E-state index contributed by atoms with van der Waals surface area (Å²) in [6.45, 7) is 3.58. The third kappa shape index (κ3) is 4.08. The van der Waals surface area contributed by atoms with Crippen LogP contribution >= 0.6 is 0 Å². The first-order chi connectivity index (χ1) is 17.5. The number of benzene rings is 3. The number of rotatable bonds is 4. The number of hydrogen-bond donors (Lipinski definition) is 1. The highest BCUT2D eigenvalue weighted by Gasteiger charge is 2.39. The third-order valence-corrected chi connectivity index (χ3v) is 10.00. The van der Waals surface area contributed by atoms with Crippen molar-refractivity contribution in [2.24, 2.45) is 0 Å². The molecule has 0 bridgehead atoms. The maximum absolute atomic E-state index is 13.1. The number of aryl methyl sites for hydroxylation is 2. The molecular weight excluding hydrogens is 508 g/mol. The summed E-state index contributed by atoms with van der Waals surface area (Å²) >= 11 is 0. The van der Waals surface area contributed by atoms with E-state index in [0.717, 1.165) is 11.1 Å². The summed E-state index contributed by atoms with van der Waals surface area (Å²) in [7, 11) is -7.93. The Morgan fingerprint density at radius 3 is 2.03 bits per heavy atom. The summed E-state index contributed by atoms with van der Waals surface area (Å²) in [5.41, 5.74) is 3.07. The van der Waals surface area contributed by atoms with E-state index in [9.17, 15) is 26.7 Å². The topological polar surface area (TPSA) is 106 Å². The lowest BCUT2D eigenvalue weighted by molar-refractivity contribution is 0.104. The first-order valence-electron chi connectivity index (χ1n) is 11.4. The Labute approximate surface area is 215 Å². The summed E-state index contributed by atoms with van der Waals surface area (Å²) in [6, 6.07) is 18.3. The van der Waals surface area contributed by atoms with Gasteiger partial charge in [-0.15, -0.1) is 0 Å². The normalized spacial score (nSPS) is 19.0. The molecule has 0 amide bonds. The Bertz CT molecular complexity index is 1820. The summed E-state index contributed by atoms with van der Waals surface area (Å²) in [5.74, 6) is -0.934. The molecule has 5 rings (SSSR count). The fraction of sp³-hybridized carbons (Fsp3) is 0.0690. The van der Waals surface area contributed by atoms with Gasteiger partial charge in [0.2, 0.25) is 25.5 Å². The second-order valence-corrected chi connectivity index (χ2v) is 12.7. The predicted octanol–water partition coefficient (Wildman–Crippen LogP) is 5.51. The van der Waals surface area contributed by atoms with E-state index in [2.05, 4.69) is 0 Å². The molecule has 186 valence electrons. The lowest BCUT2D eigenvalue weighted by Crippen LogP contribution is -2.01. The molecule has 3 aromatic rings. The number of fused-ring (bicyclic) bond motifs is 2. The van der Waals surface area contributed by atoms with Crippen LogP contribution < -0.4 is 0 Å². The molecule has 6 nitrogen and oxygen atoms in total. The first kappa shape index (κ1) is 24.7. The largest absolute Gasteiger partial charge is 0.506 e. The number of ketones is 1. The van der Waals surface area contributed by atoms with E-state index in [4.69, 9.17) is 0 Å². The lowest BCUT2D eigenvalue weighted by Gasteiger charge is -2.03. The number of carbonyl (C=O) groups excluding carboxylic acids is 1. The second-order valence-electron chi connectivity index (χ2n) is 8.90. The van der Waals surface area contributed by atoms with Crippen LogP contribution in [0.3, 0.4) is 0 Å². The number of aliphatic hydroxyl groups is 1. The van der Waals surface area contributed by atoms with Crippen LogP contribution in [0, 0.1) is 13.8 Å². The highest BCUT2D eigenvalue weighted by atomic mass is 32.2. The van der Waals surface area contributed by atoms with Gasteiger partial charge in [-0.3, -0.25) is 4.79 Å². The van der Waals surface area contributed by atoms with E-state index in [-0.39, 0.29) is 36.5 Å². The minimum absolute atomic E-state index is 0.0262. The maximum Gasteiger partial charge on any atom is 0.211 e. The zero-order chi connectivity index (χ0) is 26.5. The van der Waals surface area contributed by atoms with Crippen LogP contribution in [0.4, 0.5) is 0 Å². The number of allylic oxidation sites excluding steroid dienone is 6. The van der Waals surface area contributed by atoms with Crippen LogP contribution in [-0.4, -0.2) is 27.7 Å². The standard InChI is InChI=1S/C29H22O6S2/c1-18-8-12-24-22(16-18)28(30)26(36(24,32)33)14-10-21(20-6-4-3-5-7-20)11-15-27-29(31)23-17-19(2)9-13-25(23)37(27,34)35/h3-17,30H,1-2H3. The number of carbonyl (C=O) groups is 1. The number of sulfone groups is 2. The molecule has 8 heteroatoms. The third-order valence-electron chi connectivity index (χ3n) is 6.32. The van der Waals surface area contributed by atoms with Crippen molar-refractivity contribution in [1.82, 2.24) is 0 Å². The molecule has 2 aliphatic rings. The van der Waals surface area contributed by atoms with Crippen molar-refractivity contribution >= 4 is 36.8 Å². The Hall–Kier alpha value is -4.01. The van der Waals surface area contributed by atoms with Crippen LogP contribution in [0.5, 0.6) is 0 Å². The van der Waals surface area contributed by atoms with Crippen molar-refractivity contribution < 1.29 is 26.7 Å².